The zero-order chi connectivity index (χ0) is 35.2. The molecule has 4 rings (SSSR count). The van der Waals surface area contributed by atoms with Crippen LogP contribution in [-0.4, -0.2) is 105 Å². The van der Waals surface area contributed by atoms with E-state index in [-0.39, 0.29) is 50.0 Å². The highest BCUT2D eigenvalue weighted by molar-refractivity contribution is 5.84. The number of alkyl carbamates (subject to hydrolysis) is 2. The van der Waals surface area contributed by atoms with Crippen molar-refractivity contribution in [1.82, 2.24) is 20.9 Å². The van der Waals surface area contributed by atoms with Crippen LogP contribution in [0.15, 0.2) is 24.3 Å². The average molecular weight is 693 g/mol. The second kappa shape index (κ2) is 18.7. The highest BCUT2D eigenvalue weighted by Gasteiger charge is 2.47. The normalized spacial score (nSPS) is 24.2. The maximum atomic E-state index is 13.2. The molecule has 4 amide bonds. The van der Waals surface area contributed by atoms with Gasteiger partial charge in [0, 0.05) is 58.3 Å². The van der Waals surface area contributed by atoms with Crippen molar-refractivity contribution in [1.29, 1.82) is 0 Å². The summed E-state index contributed by atoms with van der Waals surface area (Å²) >= 11 is 0. The molecule has 0 aromatic heterocycles. The Hall–Kier alpha value is -3.98. The zero-order valence-corrected chi connectivity index (χ0v) is 28.3. The molecule has 3 heterocycles. The average Bonchev–Trinajstić information content (AvgIpc) is 3.49. The number of ether oxygens (including phenoxy) is 5. The first-order valence-corrected chi connectivity index (χ1v) is 17.1. The maximum Gasteiger partial charge on any atom is 0.407 e. The summed E-state index contributed by atoms with van der Waals surface area (Å²) in [6, 6.07) is 5.22. The monoisotopic (exact) mass is 692 g/mol. The van der Waals surface area contributed by atoms with Crippen molar-refractivity contribution in [3.63, 3.8) is 0 Å². The van der Waals surface area contributed by atoms with E-state index in [4.69, 9.17) is 18.9 Å². The van der Waals surface area contributed by atoms with E-state index in [0.29, 0.717) is 58.0 Å². The van der Waals surface area contributed by atoms with Crippen LogP contribution in [-0.2, 0) is 44.5 Å². The molecule has 272 valence electrons. The summed E-state index contributed by atoms with van der Waals surface area (Å²) in [5.74, 6) is -2.23. The van der Waals surface area contributed by atoms with Gasteiger partial charge in [-0.2, -0.15) is 0 Å². The van der Waals surface area contributed by atoms with Gasteiger partial charge < -0.3 is 44.5 Å². The van der Waals surface area contributed by atoms with Gasteiger partial charge in [0.25, 0.3) is 0 Å². The topological polar surface area (TPSA) is 171 Å². The molecular formula is C34H49FN4O10. The smallest absolute Gasteiger partial charge is 0.407 e. The number of likely N-dealkylation sites (tertiary alicyclic amines) is 1. The number of carbonyl (C=O) groups excluding carboxylic acids is 5. The molecule has 3 saturated heterocycles. The van der Waals surface area contributed by atoms with Gasteiger partial charge in [0.1, 0.15) is 24.6 Å². The van der Waals surface area contributed by atoms with Crippen molar-refractivity contribution < 1.29 is 52.0 Å². The number of methoxy groups -OCH3 is 1. The number of carbonyl (C=O) groups is 5. The first-order chi connectivity index (χ1) is 23.5. The van der Waals surface area contributed by atoms with E-state index in [1.807, 2.05) is 0 Å². The van der Waals surface area contributed by atoms with Crippen LogP contribution in [0, 0.1) is 5.82 Å². The Bertz CT molecular complexity index is 1280. The standard InChI is InChI=1S/C34H49FN4O10/c1-23(31(42)45-2)38-29(40)13-12-26-20-28(47-33(44)37-17-14-24-8-10-25(35)11-9-24)21-34(48-26)15-3-6-27(49-34)22-46-32(43)36-16-5-19-39-18-4-7-30(39)41/h8-11,23,26-28H,3-7,12-22H2,1-2H3,(H,36,43)(H,37,44)(H,38,40)/t23-,26+,27+,28+,34-/m0/s1. The first-order valence-electron chi connectivity index (χ1n) is 17.1. The van der Waals surface area contributed by atoms with E-state index in [9.17, 15) is 28.4 Å². The highest BCUT2D eigenvalue weighted by Crippen LogP contribution is 2.41. The number of nitrogens with one attached hydrogen (secondary N) is 3. The first kappa shape index (κ1) is 37.8. The molecule has 3 fully saturated rings. The summed E-state index contributed by atoms with van der Waals surface area (Å²) in [5, 5.41) is 8.06. The van der Waals surface area contributed by atoms with Crippen molar-refractivity contribution in [2.75, 3.05) is 39.9 Å². The van der Waals surface area contributed by atoms with Crippen molar-refractivity contribution >= 4 is 30.0 Å². The molecule has 15 heteroatoms. The minimum absolute atomic E-state index is 0.00452. The maximum absolute atomic E-state index is 13.2. The molecule has 49 heavy (non-hydrogen) atoms. The lowest BCUT2D eigenvalue weighted by atomic mass is 9.90. The van der Waals surface area contributed by atoms with Gasteiger partial charge in [-0.05, 0) is 63.1 Å². The third-order valence-electron chi connectivity index (χ3n) is 8.85. The second-order valence-electron chi connectivity index (χ2n) is 12.8. The van der Waals surface area contributed by atoms with Crippen molar-refractivity contribution in [2.45, 2.75) is 108 Å². The third-order valence-corrected chi connectivity index (χ3v) is 8.85. The molecule has 1 aromatic carbocycles. The van der Waals surface area contributed by atoms with Crippen LogP contribution < -0.4 is 16.0 Å². The Labute approximate surface area is 286 Å². The number of hydrogen-bond acceptors (Lipinski definition) is 10. The van der Waals surface area contributed by atoms with Gasteiger partial charge in [0.2, 0.25) is 11.8 Å². The van der Waals surface area contributed by atoms with Crippen LogP contribution in [0.2, 0.25) is 0 Å². The van der Waals surface area contributed by atoms with E-state index < -0.39 is 48.3 Å². The number of amides is 4. The lowest BCUT2D eigenvalue weighted by molar-refractivity contribution is -0.329. The molecule has 0 unspecified atom stereocenters. The fraction of sp³-hybridized carbons (Fsp3) is 0.676. The fourth-order valence-electron chi connectivity index (χ4n) is 6.38. The number of halogens is 1. The molecule has 5 atom stereocenters. The van der Waals surface area contributed by atoms with Crippen LogP contribution in [0.1, 0.15) is 76.7 Å². The third kappa shape index (κ3) is 12.4. The van der Waals surface area contributed by atoms with Crippen molar-refractivity contribution in [3.05, 3.63) is 35.6 Å². The Morgan fingerprint density at radius 3 is 2.55 bits per heavy atom. The Balaban J connectivity index is 1.29. The molecule has 0 saturated carbocycles. The summed E-state index contributed by atoms with van der Waals surface area (Å²) in [4.78, 5) is 63.0. The van der Waals surface area contributed by atoms with Crippen LogP contribution in [0.3, 0.4) is 0 Å². The summed E-state index contributed by atoms with van der Waals surface area (Å²) in [5.41, 5.74) is 0.864. The number of hydrogen-bond donors (Lipinski definition) is 3. The van der Waals surface area contributed by atoms with E-state index >= 15 is 0 Å². The van der Waals surface area contributed by atoms with Crippen LogP contribution in [0.25, 0.3) is 0 Å². The minimum Gasteiger partial charge on any atom is -0.467 e. The lowest BCUT2D eigenvalue weighted by Crippen LogP contribution is -2.54. The predicted molar refractivity (Wildman–Crippen MR) is 173 cm³/mol. The number of benzene rings is 1. The number of rotatable bonds is 15. The van der Waals surface area contributed by atoms with Gasteiger partial charge in [-0.15, -0.1) is 0 Å². The summed E-state index contributed by atoms with van der Waals surface area (Å²) in [6.07, 6.45) is 2.56. The summed E-state index contributed by atoms with van der Waals surface area (Å²) in [6.45, 7) is 3.53. The van der Waals surface area contributed by atoms with Gasteiger partial charge in [-0.3, -0.25) is 9.59 Å². The zero-order valence-electron chi connectivity index (χ0n) is 28.3. The summed E-state index contributed by atoms with van der Waals surface area (Å²) in [7, 11) is 1.24. The lowest BCUT2D eigenvalue weighted by Gasteiger charge is -2.47. The van der Waals surface area contributed by atoms with Gasteiger partial charge in [0.15, 0.2) is 5.79 Å². The largest absolute Gasteiger partial charge is 0.467 e. The quantitative estimate of drug-likeness (QED) is 0.141. The number of nitrogens with zero attached hydrogens (tertiary/aromatic N) is 1. The minimum atomic E-state index is -1.12. The Morgan fingerprint density at radius 1 is 1.06 bits per heavy atom. The molecule has 0 radical (unpaired) electrons. The molecule has 0 aliphatic carbocycles. The summed E-state index contributed by atoms with van der Waals surface area (Å²) < 4.78 is 42.0. The van der Waals surface area contributed by atoms with Gasteiger partial charge >= 0.3 is 18.2 Å². The molecule has 14 nitrogen and oxygen atoms in total. The van der Waals surface area contributed by atoms with Gasteiger partial charge in [-0.25, -0.2) is 18.8 Å². The highest BCUT2D eigenvalue weighted by atomic mass is 19.1. The Kier molecular flexibility index (Phi) is 14.4. The Morgan fingerprint density at radius 2 is 1.82 bits per heavy atom. The van der Waals surface area contributed by atoms with Crippen molar-refractivity contribution in [3.8, 4) is 0 Å². The molecule has 1 spiro atoms. The van der Waals surface area contributed by atoms with E-state index in [0.717, 1.165) is 18.5 Å². The van der Waals surface area contributed by atoms with Crippen LogP contribution >= 0.6 is 0 Å². The molecule has 3 N–H and O–H groups in total. The molecule has 3 aliphatic rings. The SMILES string of the molecule is COC(=O)[C@H](C)NC(=O)CC[C@@H]1C[C@@H](OC(=O)NCCc2ccc(F)cc2)C[C@@]2(CCC[C@H](COC(=O)NCCCN3CCCC3=O)O2)O1. The van der Waals surface area contributed by atoms with Gasteiger partial charge in [-0.1, -0.05) is 12.1 Å². The van der Waals surface area contributed by atoms with E-state index in [2.05, 4.69) is 20.7 Å². The van der Waals surface area contributed by atoms with Crippen molar-refractivity contribution in [2.24, 2.45) is 0 Å². The second-order valence-corrected chi connectivity index (χ2v) is 12.8. The van der Waals surface area contributed by atoms with Crippen LogP contribution in [0.5, 0.6) is 0 Å². The van der Waals surface area contributed by atoms with Gasteiger partial charge in [0.05, 0.1) is 19.3 Å². The molecule has 0 bridgehead atoms. The molecular weight excluding hydrogens is 643 g/mol. The van der Waals surface area contributed by atoms with Crippen LogP contribution in [0.4, 0.5) is 14.0 Å². The number of esters is 1. The van der Waals surface area contributed by atoms with E-state index in [1.165, 1.54) is 26.2 Å². The fourth-order valence-corrected chi connectivity index (χ4v) is 6.38. The predicted octanol–water partition coefficient (Wildman–Crippen LogP) is 3.10. The van der Waals surface area contributed by atoms with E-state index in [1.54, 1.807) is 17.0 Å². The molecule has 3 aliphatic heterocycles. The molecule has 1 aromatic rings.